The van der Waals surface area contributed by atoms with E-state index in [0.717, 1.165) is 21.4 Å². The molecule has 0 atom stereocenters. The van der Waals surface area contributed by atoms with E-state index in [9.17, 15) is 0 Å². The Labute approximate surface area is 131 Å². The lowest BCUT2D eigenvalue weighted by molar-refractivity contribution is 0.0912. The molecule has 1 aliphatic heterocycles. The number of hydrogen-bond donors (Lipinski definition) is 0. The summed E-state index contributed by atoms with van der Waals surface area (Å²) in [4.78, 5) is 6.11. The van der Waals surface area contributed by atoms with E-state index in [-0.39, 0.29) is 0 Å². The monoisotopic (exact) mass is 348 g/mol. The molecule has 102 valence electrons. The standard InChI is InChI=1S/C15H13BrN2OS/c1-15(2)12-5-3-4-6-13(12)18(14(20)19-15)11-7-10(16)8-17-9-11/h3-9H,1-2H3. The summed E-state index contributed by atoms with van der Waals surface area (Å²) in [6.07, 6.45) is 3.52. The number of anilines is 2. The largest absolute Gasteiger partial charge is 0.459 e. The zero-order valence-electron chi connectivity index (χ0n) is 11.1. The highest BCUT2D eigenvalue weighted by Gasteiger charge is 2.36. The van der Waals surface area contributed by atoms with Gasteiger partial charge in [0.1, 0.15) is 5.60 Å². The van der Waals surface area contributed by atoms with Gasteiger partial charge in [-0.05, 0) is 54.1 Å². The summed E-state index contributed by atoms with van der Waals surface area (Å²) in [5.74, 6) is 0. The van der Waals surface area contributed by atoms with E-state index in [0.29, 0.717) is 5.17 Å². The van der Waals surface area contributed by atoms with Gasteiger partial charge in [-0.3, -0.25) is 9.88 Å². The molecule has 2 heterocycles. The molecule has 0 spiro atoms. The van der Waals surface area contributed by atoms with Crippen molar-refractivity contribution in [3.63, 3.8) is 0 Å². The summed E-state index contributed by atoms with van der Waals surface area (Å²) in [5.41, 5.74) is 2.60. The van der Waals surface area contributed by atoms with Crippen LogP contribution in [0.1, 0.15) is 19.4 Å². The van der Waals surface area contributed by atoms with Crippen LogP contribution in [0.2, 0.25) is 0 Å². The fraction of sp³-hybridized carbons (Fsp3) is 0.200. The van der Waals surface area contributed by atoms with Crippen molar-refractivity contribution in [2.45, 2.75) is 19.4 Å². The minimum atomic E-state index is -0.427. The van der Waals surface area contributed by atoms with E-state index >= 15 is 0 Å². The van der Waals surface area contributed by atoms with E-state index < -0.39 is 5.60 Å². The van der Waals surface area contributed by atoms with Crippen molar-refractivity contribution in [3.8, 4) is 0 Å². The molecule has 0 bridgehead atoms. The van der Waals surface area contributed by atoms with Crippen LogP contribution in [-0.4, -0.2) is 10.2 Å². The molecule has 0 saturated carbocycles. The number of aromatic nitrogens is 1. The third kappa shape index (κ3) is 2.21. The van der Waals surface area contributed by atoms with Crippen LogP contribution >= 0.6 is 28.1 Å². The summed E-state index contributed by atoms with van der Waals surface area (Å²) >= 11 is 8.88. The number of para-hydroxylation sites is 1. The second kappa shape index (κ2) is 4.82. The van der Waals surface area contributed by atoms with Crippen LogP contribution in [0.4, 0.5) is 11.4 Å². The van der Waals surface area contributed by atoms with Gasteiger partial charge in [0.05, 0.1) is 17.6 Å². The van der Waals surface area contributed by atoms with E-state index in [4.69, 9.17) is 17.0 Å². The van der Waals surface area contributed by atoms with Crippen LogP contribution in [0.25, 0.3) is 0 Å². The molecule has 1 aromatic heterocycles. The SMILES string of the molecule is CC1(C)OC(=S)N(c2cncc(Br)c2)c2ccccc21. The normalized spacial score (nSPS) is 16.6. The number of fused-ring (bicyclic) bond motifs is 1. The predicted octanol–water partition coefficient (Wildman–Crippen LogP) is 4.53. The zero-order chi connectivity index (χ0) is 14.3. The van der Waals surface area contributed by atoms with Crippen molar-refractivity contribution >= 4 is 44.7 Å². The first kappa shape index (κ1) is 13.5. The number of benzene rings is 1. The highest BCUT2D eigenvalue weighted by molar-refractivity contribution is 9.10. The van der Waals surface area contributed by atoms with Gasteiger partial charge in [-0.15, -0.1) is 0 Å². The van der Waals surface area contributed by atoms with Gasteiger partial charge in [0, 0.05) is 16.2 Å². The van der Waals surface area contributed by atoms with Gasteiger partial charge in [0.25, 0.3) is 5.17 Å². The molecule has 1 aliphatic rings. The highest BCUT2D eigenvalue weighted by Crippen LogP contribution is 2.42. The van der Waals surface area contributed by atoms with Gasteiger partial charge in [0.15, 0.2) is 0 Å². The first-order valence-corrected chi connectivity index (χ1v) is 7.42. The Hall–Kier alpha value is -1.46. The first-order valence-electron chi connectivity index (χ1n) is 6.22. The van der Waals surface area contributed by atoms with Crippen molar-refractivity contribution in [2.24, 2.45) is 0 Å². The van der Waals surface area contributed by atoms with Crippen molar-refractivity contribution < 1.29 is 4.74 Å². The summed E-state index contributed by atoms with van der Waals surface area (Å²) < 4.78 is 6.82. The lowest BCUT2D eigenvalue weighted by atomic mass is 9.94. The molecule has 0 N–H and O–H groups in total. The van der Waals surface area contributed by atoms with Crippen LogP contribution in [0, 0.1) is 0 Å². The minimum absolute atomic E-state index is 0.427. The summed E-state index contributed by atoms with van der Waals surface area (Å²) in [6, 6.07) is 10.1. The molecule has 0 amide bonds. The third-order valence-electron chi connectivity index (χ3n) is 3.27. The Balaban J connectivity index is 2.19. The second-order valence-corrected chi connectivity index (χ2v) is 6.36. The fourth-order valence-electron chi connectivity index (χ4n) is 2.36. The quantitative estimate of drug-likeness (QED) is 0.707. The minimum Gasteiger partial charge on any atom is -0.459 e. The smallest absolute Gasteiger partial charge is 0.269 e. The van der Waals surface area contributed by atoms with Gasteiger partial charge in [-0.1, -0.05) is 18.2 Å². The summed E-state index contributed by atoms with van der Waals surface area (Å²) in [7, 11) is 0. The van der Waals surface area contributed by atoms with Crippen LogP contribution < -0.4 is 4.90 Å². The Bertz CT molecular complexity index is 687. The number of pyridine rings is 1. The highest BCUT2D eigenvalue weighted by atomic mass is 79.9. The lowest BCUT2D eigenvalue weighted by Gasteiger charge is -2.40. The molecule has 5 heteroatoms. The Kier molecular flexibility index (Phi) is 3.26. The number of thiocarbonyl (C=S) groups is 1. The average molecular weight is 349 g/mol. The van der Waals surface area contributed by atoms with Gasteiger partial charge >= 0.3 is 0 Å². The van der Waals surface area contributed by atoms with Crippen molar-refractivity contribution in [1.82, 2.24) is 4.98 Å². The molecule has 0 saturated heterocycles. The van der Waals surface area contributed by atoms with E-state index in [1.54, 1.807) is 12.4 Å². The summed E-state index contributed by atoms with van der Waals surface area (Å²) in [6.45, 7) is 4.04. The van der Waals surface area contributed by atoms with Gasteiger partial charge < -0.3 is 4.74 Å². The number of halogens is 1. The van der Waals surface area contributed by atoms with Crippen LogP contribution in [-0.2, 0) is 10.3 Å². The Morgan fingerprint density at radius 2 is 2.00 bits per heavy atom. The van der Waals surface area contributed by atoms with Crippen LogP contribution in [0.3, 0.4) is 0 Å². The average Bonchev–Trinajstić information content (AvgIpc) is 2.38. The first-order chi connectivity index (χ1) is 9.49. The molecule has 0 unspecified atom stereocenters. The molecule has 0 fully saturated rings. The Morgan fingerprint density at radius 1 is 1.25 bits per heavy atom. The molecule has 3 rings (SSSR count). The van der Waals surface area contributed by atoms with Crippen LogP contribution in [0.5, 0.6) is 0 Å². The van der Waals surface area contributed by atoms with Gasteiger partial charge in [0.2, 0.25) is 0 Å². The Morgan fingerprint density at radius 3 is 2.75 bits per heavy atom. The fourth-order valence-corrected chi connectivity index (χ4v) is 3.13. The lowest BCUT2D eigenvalue weighted by Crippen LogP contribution is -2.40. The van der Waals surface area contributed by atoms with E-state index in [2.05, 4.69) is 27.0 Å². The number of nitrogens with zero attached hydrogens (tertiary/aromatic N) is 2. The predicted molar refractivity (Wildman–Crippen MR) is 87.2 cm³/mol. The number of rotatable bonds is 1. The zero-order valence-corrected chi connectivity index (χ0v) is 13.5. The molecule has 0 radical (unpaired) electrons. The molecular weight excluding hydrogens is 336 g/mol. The van der Waals surface area contributed by atoms with E-state index in [1.807, 2.05) is 43.0 Å². The topological polar surface area (TPSA) is 25.4 Å². The second-order valence-electron chi connectivity index (χ2n) is 5.09. The van der Waals surface area contributed by atoms with Gasteiger partial charge in [-0.2, -0.15) is 0 Å². The molecule has 20 heavy (non-hydrogen) atoms. The van der Waals surface area contributed by atoms with E-state index in [1.165, 1.54) is 0 Å². The maximum absolute atomic E-state index is 5.92. The maximum atomic E-state index is 5.92. The molecule has 2 aromatic rings. The van der Waals surface area contributed by atoms with Crippen molar-refractivity contribution in [3.05, 3.63) is 52.8 Å². The third-order valence-corrected chi connectivity index (χ3v) is 3.97. The number of hydrogen-bond acceptors (Lipinski definition) is 3. The van der Waals surface area contributed by atoms with Gasteiger partial charge in [-0.25, -0.2) is 0 Å². The maximum Gasteiger partial charge on any atom is 0.269 e. The van der Waals surface area contributed by atoms with Crippen molar-refractivity contribution in [1.29, 1.82) is 0 Å². The van der Waals surface area contributed by atoms with Crippen LogP contribution in [0.15, 0.2) is 47.2 Å². The number of ether oxygens (including phenoxy) is 1. The molecular formula is C15H13BrN2OS. The molecule has 0 aliphatic carbocycles. The molecule has 1 aromatic carbocycles. The van der Waals surface area contributed by atoms with Crippen molar-refractivity contribution in [2.75, 3.05) is 4.90 Å². The summed E-state index contributed by atoms with van der Waals surface area (Å²) in [5, 5.41) is 0.439. The molecule has 3 nitrogen and oxygen atoms in total.